The molecule has 0 fully saturated rings. The molecule has 1 aromatic heterocycles. The molecule has 2 N–H and O–H groups in total. The average Bonchev–Trinajstić information content (AvgIpc) is 2.65. The maximum absolute atomic E-state index is 11.4. The molecule has 0 aliphatic rings. The first-order chi connectivity index (χ1) is 7.63. The molecule has 0 spiro atoms. The van der Waals surface area contributed by atoms with Crippen LogP contribution in [-0.2, 0) is 11.3 Å². The number of amides is 1. The van der Waals surface area contributed by atoms with E-state index >= 15 is 0 Å². The molecule has 0 bridgehead atoms. The van der Waals surface area contributed by atoms with Crippen molar-refractivity contribution in [2.45, 2.75) is 6.54 Å². The molecule has 0 unspecified atom stereocenters. The number of aromatic nitrogens is 3. The number of carbonyl (C=O) groups is 2. The zero-order chi connectivity index (χ0) is 12.0. The quantitative estimate of drug-likeness (QED) is 0.652. The molecule has 0 radical (unpaired) electrons. The number of nitrogens with one attached hydrogen (secondary N) is 1. The van der Waals surface area contributed by atoms with Crippen LogP contribution in [0.4, 0.5) is 0 Å². The SMILES string of the molecule is CSCCNC(=O)c1cn(CC(=O)O)nn1. The molecule has 0 aromatic carbocycles. The fourth-order valence-corrected chi connectivity index (χ4v) is 1.28. The Balaban J connectivity index is 2.49. The summed E-state index contributed by atoms with van der Waals surface area (Å²) in [7, 11) is 0. The summed E-state index contributed by atoms with van der Waals surface area (Å²) in [6.45, 7) is 0.247. The molecule has 0 aliphatic heterocycles. The molecule has 88 valence electrons. The monoisotopic (exact) mass is 244 g/mol. The van der Waals surface area contributed by atoms with Gasteiger partial charge >= 0.3 is 5.97 Å². The number of hydrogen-bond donors (Lipinski definition) is 2. The Morgan fingerprint density at radius 2 is 2.38 bits per heavy atom. The molecule has 7 nitrogen and oxygen atoms in total. The third-order valence-electron chi connectivity index (χ3n) is 1.66. The van der Waals surface area contributed by atoms with Crippen molar-refractivity contribution >= 4 is 23.6 Å². The summed E-state index contributed by atoms with van der Waals surface area (Å²) in [6.07, 6.45) is 3.25. The van der Waals surface area contributed by atoms with Gasteiger partial charge in [-0.3, -0.25) is 9.59 Å². The first kappa shape index (κ1) is 12.5. The summed E-state index contributed by atoms with van der Waals surface area (Å²) in [5.41, 5.74) is 0.127. The Hall–Kier alpha value is -1.57. The second-order valence-electron chi connectivity index (χ2n) is 2.94. The first-order valence-electron chi connectivity index (χ1n) is 4.52. The lowest BCUT2D eigenvalue weighted by molar-refractivity contribution is -0.137. The van der Waals surface area contributed by atoms with Crippen molar-refractivity contribution in [1.29, 1.82) is 0 Å². The van der Waals surface area contributed by atoms with E-state index in [1.165, 1.54) is 6.20 Å². The normalized spacial score (nSPS) is 10.1. The number of hydrogen-bond acceptors (Lipinski definition) is 5. The Bertz CT molecular complexity index is 379. The summed E-state index contributed by atoms with van der Waals surface area (Å²) in [5, 5.41) is 18.2. The zero-order valence-corrected chi connectivity index (χ0v) is 9.53. The highest BCUT2D eigenvalue weighted by atomic mass is 32.2. The van der Waals surface area contributed by atoms with Crippen molar-refractivity contribution in [2.24, 2.45) is 0 Å². The number of thioether (sulfide) groups is 1. The molecule has 1 aromatic rings. The van der Waals surface area contributed by atoms with E-state index in [9.17, 15) is 9.59 Å². The highest BCUT2D eigenvalue weighted by Crippen LogP contribution is 1.94. The number of carboxylic acid groups (broad SMARTS) is 1. The van der Waals surface area contributed by atoms with E-state index in [-0.39, 0.29) is 18.1 Å². The lowest BCUT2D eigenvalue weighted by atomic mass is 10.4. The Morgan fingerprint density at radius 1 is 1.62 bits per heavy atom. The molecule has 0 atom stereocenters. The molecular weight excluding hydrogens is 232 g/mol. The van der Waals surface area contributed by atoms with Gasteiger partial charge in [-0.25, -0.2) is 4.68 Å². The van der Waals surface area contributed by atoms with Crippen LogP contribution in [0.25, 0.3) is 0 Å². The van der Waals surface area contributed by atoms with Crippen molar-refractivity contribution in [3.8, 4) is 0 Å². The van der Waals surface area contributed by atoms with Gasteiger partial charge in [-0.05, 0) is 6.26 Å². The van der Waals surface area contributed by atoms with Crippen LogP contribution in [0.5, 0.6) is 0 Å². The van der Waals surface area contributed by atoms with Crippen LogP contribution >= 0.6 is 11.8 Å². The number of rotatable bonds is 6. The predicted molar refractivity (Wildman–Crippen MR) is 58.4 cm³/mol. The minimum atomic E-state index is -1.03. The zero-order valence-electron chi connectivity index (χ0n) is 8.71. The second-order valence-corrected chi connectivity index (χ2v) is 3.93. The number of nitrogens with zero attached hydrogens (tertiary/aromatic N) is 3. The number of aliphatic carboxylic acids is 1. The lowest BCUT2D eigenvalue weighted by Crippen LogP contribution is -2.26. The summed E-state index contributed by atoms with van der Waals surface area (Å²) in [6, 6.07) is 0. The number of carboxylic acids is 1. The van der Waals surface area contributed by atoms with Crippen LogP contribution in [0.1, 0.15) is 10.5 Å². The molecular formula is C8H12N4O3S. The Morgan fingerprint density at radius 3 is 3.00 bits per heavy atom. The molecule has 16 heavy (non-hydrogen) atoms. The third-order valence-corrected chi connectivity index (χ3v) is 2.27. The summed E-state index contributed by atoms with van der Waals surface area (Å²) in [5.74, 6) is -0.556. The van der Waals surface area contributed by atoms with Crippen molar-refractivity contribution in [1.82, 2.24) is 20.3 Å². The van der Waals surface area contributed by atoms with E-state index < -0.39 is 5.97 Å². The largest absolute Gasteiger partial charge is 0.480 e. The molecule has 1 rings (SSSR count). The van der Waals surface area contributed by atoms with Crippen molar-refractivity contribution in [2.75, 3.05) is 18.6 Å². The van der Waals surface area contributed by atoms with Crippen LogP contribution in [0.3, 0.4) is 0 Å². The van der Waals surface area contributed by atoms with Gasteiger partial charge in [-0.15, -0.1) is 5.10 Å². The van der Waals surface area contributed by atoms with Gasteiger partial charge < -0.3 is 10.4 Å². The van der Waals surface area contributed by atoms with E-state index in [0.29, 0.717) is 6.54 Å². The first-order valence-corrected chi connectivity index (χ1v) is 5.92. The van der Waals surface area contributed by atoms with Crippen molar-refractivity contribution < 1.29 is 14.7 Å². The molecule has 0 saturated carbocycles. The summed E-state index contributed by atoms with van der Waals surface area (Å²) >= 11 is 1.62. The topological polar surface area (TPSA) is 97.1 Å². The second kappa shape index (κ2) is 6.11. The van der Waals surface area contributed by atoms with Crippen molar-refractivity contribution in [3.63, 3.8) is 0 Å². The number of carbonyl (C=O) groups excluding carboxylic acids is 1. The predicted octanol–water partition coefficient (Wildman–Crippen LogP) is -0.545. The van der Waals surface area contributed by atoms with Gasteiger partial charge in [0, 0.05) is 12.3 Å². The van der Waals surface area contributed by atoms with E-state index in [1.54, 1.807) is 11.8 Å². The third kappa shape index (κ3) is 3.89. The maximum atomic E-state index is 11.4. The van der Waals surface area contributed by atoms with Gasteiger partial charge in [0.15, 0.2) is 5.69 Å². The summed E-state index contributed by atoms with van der Waals surface area (Å²) in [4.78, 5) is 21.8. The van der Waals surface area contributed by atoms with Gasteiger partial charge in [0.2, 0.25) is 0 Å². The Labute approximate surface area is 96.2 Å². The van der Waals surface area contributed by atoms with Gasteiger partial charge in [0.25, 0.3) is 5.91 Å². The van der Waals surface area contributed by atoms with Gasteiger partial charge in [0.1, 0.15) is 6.54 Å². The van der Waals surface area contributed by atoms with E-state index in [1.807, 2.05) is 6.26 Å². The minimum Gasteiger partial charge on any atom is -0.480 e. The minimum absolute atomic E-state index is 0.127. The van der Waals surface area contributed by atoms with Crippen LogP contribution in [-0.4, -0.2) is 50.5 Å². The molecule has 0 aliphatic carbocycles. The van der Waals surface area contributed by atoms with Crippen LogP contribution in [0.2, 0.25) is 0 Å². The lowest BCUT2D eigenvalue weighted by Gasteiger charge is -1.99. The average molecular weight is 244 g/mol. The maximum Gasteiger partial charge on any atom is 0.325 e. The van der Waals surface area contributed by atoms with Crippen molar-refractivity contribution in [3.05, 3.63) is 11.9 Å². The molecule has 1 heterocycles. The van der Waals surface area contributed by atoms with E-state index in [4.69, 9.17) is 5.11 Å². The van der Waals surface area contributed by atoms with E-state index in [0.717, 1.165) is 10.4 Å². The summed E-state index contributed by atoms with van der Waals surface area (Å²) < 4.78 is 1.10. The van der Waals surface area contributed by atoms with Gasteiger partial charge in [0.05, 0.1) is 6.20 Å². The highest BCUT2D eigenvalue weighted by Gasteiger charge is 2.10. The van der Waals surface area contributed by atoms with E-state index in [2.05, 4.69) is 15.6 Å². The standard InChI is InChI=1S/C8H12N4O3S/c1-16-3-2-9-8(15)6-4-12(11-10-6)5-7(13)14/h4H,2-3,5H2,1H3,(H,9,15)(H,13,14). The van der Waals surface area contributed by atoms with Gasteiger partial charge in [-0.1, -0.05) is 5.21 Å². The van der Waals surface area contributed by atoms with Gasteiger partial charge in [-0.2, -0.15) is 11.8 Å². The molecule has 8 heteroatoms. The fraction of sp³-hybridized carbons (Fsp3) is 0.500. The Kier molecular flexibility index (Phi) is 4.77. The molecule has 0 saturated heterocycles. The smallest absolute Gasteiger partial charge is 0.325 e. The molecule has 1 amide bonds. The van der Waals surface area contributed by atoms with Crippen LogP contribution < -0.4 is 5.32 Å². The van der Waals surface area contributed by atoms with Crippen LogP contribution in [0.15, 0.2) is 6.20 Å². The fourth-order valence-electron chi connectivity index (χ4n) is 0.975. The highest BCUT2D eigenvalue weighted by molar-refractivity contribution is 7.98. The van der Waals surface area contributed by atoms with Crippen LogP contribution in [0, 0.1) is 0 Å².